The molecule has 0 bridgehead atoms. The minimum atomic E-state index is -0.706. The molecule has 2 rings (SSSR count). The summed E-state index contributed by atoms with van der Waals surface area (Å²) in [6, 6.07) is 16.6. The van der Waals surface area contributed by atoms with Crippen LogP contribution in [-0.4, -0.2) is 30.4 Å². The number of ether oxygens (including phenoxy) is 1. The molecule has 0 amide bonds. The van der Waals surface area contributed by atoms with Crippen molar-refractivity contribution in [3.05, 3.63) is 54.6 Å². The molecule has 0 spiro atoms. The van der Waals surface area contributed by atoms with Gasteiger partial charge < -0.3 is 26.6 Å². The van der Waals surface area contributed by atoms with Crippen LogP contribution in [0.3, 0.4) is 0 Å². The highest BCUT2D eigenvalue weighted by molar-refractivity contribution is 5.53. The number of hydrogen-bond acceptors (Lipinski definition) is 5. The second-order valence-electron chi connectivity index (χ2n) is 5.20. The van der Waals surface area contributed by atoms with Gasteiger partial charge in [-0.1, -0.05) is 24.3 Å². The molecule has 5 heteroatoms. The first kappa shape index (κ1) is 16.1. The lowest BCUT2D eigenvalue weighted by atomic mass is 10.1. The Hall–Kier alpha value is -2.24. The van der Waals surface area contributed by atoms with Crippen LogP contribution in [0.2, 0.25) is 0 Å². The Morgan fingerprint density at radius 1 is 1.09 bits per heavy atom. The van der Waals surface area contributed by atoms with E-state index in [1.807, 2.05) is 54.6 Å². The van der Waals surface area contributed by atoms with E-state index in [2.05, 4.69) is 5.32 Å². The SMILES string of the molecule is Nc1cccc(NCCC(N)C(O)COc2ccccc2)c1. The summed E-state index contributed by atoms with van der Waals surface area (Å²) < 4.78 is 5.50. The second-order valence-corrected chi connectivity index (χ2v) is 5.20. The first-order chi connectivity index (χ1) is 10.6. The lowest BCUT2D eigenvalue weighted by Crippen LogP contribution is -2.40. The zero-order valence-electron chi connectivity index (χ0n) is 12.5. The van der Waals surface area contributed by atoms with Gasteiger partial charge >= 0.3 is 0 Å². The molecule has 0 aliphatic heterocycles. The molecule has 22 heavy (non-hydrogen) atoms. The number of rotatable bonds is 8. The summed E-state index contributed by atoms with van der Waals surface area (Å²) in [7, 11) is 0. The van der Waals surface area contributed by atoms with Crippen molar-refractivity contribution < 1.29 is 9.84 Å². The Morgan fingerprint density at radius 2 is 1.86 bits per heavy atom. The average Bonchev–Trinajstić information content (AvgIpc) is 2.53. The van der Waals surface area contributed by atoms with Crippen LogP contribution in [0.1, 0.15) is 6.42 Å². The average molecular weight is 301 g/mol. The largest absolute Gasteiger partial charge is 0.491 e. The monoisotopic (exact) mass is 301 g/mol. The molecule has 0 aliphatic carbocycles. The van der Waals surface area contributed by atoms with E-state index >= 15 is 0 Å². The van der Waals surface area contributed by atoms with Gasteiger partial charge in [0.05, 0.1) is 0 Å². The topological polar surface area (TPSA) is 93.5 Å². The highest BCUT2D eigenvalue weighted by Gasteiger charge is 2.15. The molecule has 2 unspecified atom stereocenters. The minimum absolute atomic E-state index is 0.184. The fourth-order valence-corrected chi connectivity index (χ4v) is 2.05. The lowest BCUT2D eigenvalue weighted by Gasteiger charge is -2.19. The molecule has 0 radical (unpaired) electrons. The quantitative estimate of drug-likeness (QED) is 0.558. The maximum Gasteiger partial charge on any atom is 0.119 e. The molecule has 0 saturated heterocycles. The third-order valence-corrected chi connectivity index (χ3v) is 3.35. The summed E-state index contributed by atoms with van der Waals surface area (Å²) >= 11 is 0. The molecular formula is C17H23N3O2. The molecule has 2 atom stereocenters. The summed E-state index contributed by atoms with van der Waals surface area (Å²) in [6.07, 6.45) is -0.0726. The first-order valence-corrected chi connectivity index (χ1v) is 7.36. The zero-order valence-corrected chi connectivity index (χ0v) is 12.5. The van der Waals surface area contributed by atoms with Crippen molar-refractivity contribution in [3.8, 4) is 5.75 Å². The molecular weight excluding hydrogens is 278 g/mol. The number of benzene rings is 2. The molecule has 5 nitrogen and oxygen atoms in total. The summed E-state index contributed by atoms with van der Waals surface area (Å²) in [5, 5.41) is 13.3. The number of hydrogen-bond donors (Lipinski definition) is 4. The van der Waals surface area contributed by atoms with Crippen LogP contribution < -0.4 is 21.5 Å². The molecule has 0 aromatic heterocycles. The Bertz CT molecular complexity index is 563. The maximum absolute atomic E-state index is 10.0. The van der Waals surface area contributed by atoms with Crippen molar-refractivity contribution in [1.29, 1.82) is 0 Å². The third-order valence-electron chi connectivity index (χ3n) is 3.35. The highest BCUT2D eigenvalue weighted by atomic mass is 16.5. The number of aliphatic hydroxyl groups excluding tert-OH is 1. The van der Waals surface area contributed by atoms with Crippen LogP contribution in [0.15, 0.2) is 54.6 Å². The van der Waals surface area contributed by atoms with Gasteiger partial charge in [0.2, 0.25) is 0 Å². The van der Waals surface area contributed by atoms with Gasteiger partial charge in [-0.05, 0) is 36.8 Å². The third kappa shape index (κ3) is 5.27. The predicted octanol–water partition coefficient (Wildman–Crippen LogP) is 1.84. The summed E-state index contributed by atoms with van der Waals surface area (Å²) in [5.74, 6) is 0.728. The van der Waals surface area contributed by atoms with E-state index in [0.29, 0.717) is 18.7 Å². The van der Waals surface area contributed by atoms with E-state index in [4.69, 9.17) is 16.2 Å². The van der Waals surface area contributed by atoms with Crippen molar-refractivity contribution in [1.82, 2.24) is 0 Å². The van der Waals surface area contributed by atoms with Crippen molar-refractivity contribution in [2.75, 3.05) is 24.2 Å². The van der Waals surface area contributed by atoms with Gasteiger partial charge in [-0.3, -0.25) is 0 Å². The minimum Gasteiger partial charge on any atom is -0.491 e. The van der Waals surface area contributed by atoms with Gasteiger partial charge in [-0.25, -0.2) is 0 Å². The molecule has 2 aromatic rings. The smallest absolute Gasteiger partial charge is 0.119 e. The second kappa shape index (κ2) is 8.26. The van der Waals surface area contributed by atoms with Crippen molar-refractivity contribution >= 4 is 11.4 Å². The number of aliphatic hydroxyl groups is 1. The highest BCUT2D eigenvalue weighted by Crippen LogP contribution is 2.12. The Kier molecular flexibility index (Phi) is 6.06. The molecule has 6 N–H and O–H groups in total. The van der Waals surface area contributed by atoms with Crippen molar-refractivity contribution in [2.24, 2.45) is 5.73 Å². The predicted molar refractivity (Wildman–Crippen MR) is 89.9 cm³/mol. The van der Waals surface area contributed by atoms with Crippen molar-refractivity contribution in [2.45, 2.75) is 18.6 Å². The lowest BCUT2D eigenvalue weighted by molar-refractivity contribution is 0.0836. The molecule has 0 fully saturated rings. The van der Waals surface area contributed by atoms with Crippen LogP contribution in [0.25, 0.3) is 0 Å². The Morgan fingerprint density at radius 3 is 2.59 bits per heavy atom. The number of nitrogen functional groups attached to an aromatic ring is 1. The van der Waals surface area contributed by atoms with Gasteiger partial charge in [-0.2, -0.15) is 0 Å². The van der Waals surface area contributed by atoms with E-state index in [1.54, 1.807) is 0 Å². The maximum atomic E-state index is 10.0. The number of anilines is 2. The van der Waals surface area contributed by atoms with Gasteiger partial charge in [0.1, 0.15) is 18.5 Å². The first-order valence-electron chi connectivity index (χ1n) is 7.36. The van der Waals surface area contributed by atoms with Gasteiger partial charge in [0, 0.05) is 24.0 Å². The standard InChI is InChI=1S/C17H23N3O2/c18-13-5-4-6-14(11-13)20-10-9-16(19)17(21)12-22-15-7-2-1-3-8-15/h1-8,11,16-17,20-21H,9-10,12,18-19H2. The molecule has 118 valence electrons. The van der Waals surface area contributed by atoms with E-state index in [-0.39, 0.29) is 12.6 Å². The van der Waals surface area contributed by atoms with Crippen LogP contribution in [-0.2, 0) is 0 Å². The molecule has 0 saturated carbocycles. The molecule has 0 heterocycles. The van der Waals surface area contributed by atoms with E-state index in [9.17, 15) is 5.11 Å². The van der Waals surface area contributed by atoms with E-state index in [0.717, 1.165) is 11.4 Å². The van der Waals surface area contributed by atoms with Gasteiger partial charge in [-0.15, -0.1) is 0 Å². The number of nitrogens with two attached hydrogens (primary N) is 2. The normalized spacial score (nSPS) is 13.4. The molecule has 2 aromatic carbocycles. The van der Waals surface area contributed by atoms with Gasteiger partial charge in [0.15, 0.2) is 0 Å². The fourth-order valence-electron chi connectivity index (χ4n) is 2.05. The summed E-state index contributed by atoms with van der Waals surface area (Å²) in [5.41, 5.74) is 13.4. The van der Waals surface area contributed by atoms with Crippen LogP contribution in [0.4, 0.5) is 11.4 Å². The molecule has 0 aliphatic rings. The summed E-state index contributed by atoms with van der Waals surface area (Å²) in [6.45, 7) is 0.844. The Labute approximate surface area is 130 Å². The van der Waals surface area contributed by atoms with Crippen LogP contribution in [0, 0.1) is 0 Å². The number of para-hydroxylation sites is 1. The Balaban J connectivity index is 1.69. The van der Waals surface area contributed by atoms with Gasteiger partial charge in [0.25, 0.3) is 0 Å². The number of nitrogens with one attached hydrogen (secondary N) is 1. The van der Waals surface area contributed by atoms with Crippen molar-refractivity contribution in [3.63, 3.8) is 0 Å². The zero-order chi connectivity index (χ0) is 15.8. The van der Waals surface area contributed by atoms with Crippen LogP contribution in [0.5, 0.6) is 5.75 Å². The van der Waals surface area contributed by atoms with E-state index in [1.165, 1.54) is 0 Å². The summed E-state index contributed by atoms with van der Waals surface area (Å²) in [4.78, 5) is 0. The fraction of sp³-hybridized carbons (Fsp3) is 0.294. The van der Waals surface area contributed by atoms with Crippen LogP contribution >= 0.6 is 0 Å². The van der Waals surface area contributed by atoms with E-state index < -0.39 is 6.10 Å².